The number of ether oxygens (including phenoxy) is 1. The summed E-state index contributed by atoms with van der Waals surface area (Å²) < 4.78 is 5.02. The fourth-order valence-corrected chi connectivity index (χ4v) is 8.67. The number of fused-ring (bicyclic) bond motifs is 1. The van der Waals surface area contributed by atoms with E-state index in [1.165, 1.54) is 0 Å². The Kier molecular flexibility index (Phi) is 10.7. The zero-order valence-corrected chi connectivity index (χ0v) is 23.7. The number of carbonyl (C=O) groups is 3. The molecule has 208 valence electrons. The lowest BCUT2D eigenvalue weighted by molar-refractivity contribution is -0.154. The average Bonchev–Trinajstić information content (AvgIpc) is 3.51. The first-order valence-electron chi connectivity index (χ1n) is 14.0. The van der Waals surface area contributed by atoms with Crippen molar-refractivity contribution >= 4 is 29.5 Å². The van der Waals surface area contributed by atoms with Gasteiger partial charge in [-0.05, 0) is 50.9 Å². The molecule has 3 heterocycles. The van der Waals surface area contributed by atoms with E-state index in [0.29, 0.717) is 32.5 Å². The lowest BCUT2D eigenvalue weighted by Gasteiger charge is -2.40. The van der Waals surface area contributed by atoms with E-state index >= 15 is 0 Å². The van der Waals surface area contributed by atoms with Gasteiger partial charge in [0.2, 0.25) is 11.8 Å². The Morgan fingerprint density at radius 2 is 2.03 bits per heavy atom. The van der Waals surface area contributed by atoms with Crippen molar-refractivity contribution in [3.8, 4) is 0 Å². The Labute approximate surface area is 227 Å². The number of rotatable bonds is 16. The number of nitrogens with zero attached hydrogens (tertiary/aromatic N) is 2. The maximum atomic E-state index is 14.2. The van der Waals surface area contributed by atoms with Gasteiger partial charge in [0.25, 0.3) is 0 Å². The number of likely N-dealkylation sites (tertiary alicyclic amines) is 1. The van der Waals surface area contributed by atoms with Crippen LogP contribution in [0.1, 0.15) is 72.1 Å². The lowest BCUT2D eigenvalue weighted by atomic mass is 9.71. The Hall–Kier alpha value is -1.80. The standard InChI is InChI=1S/C29H46N2O5S/c1-6-9-11-12-17-36-28(35)23-22-13-14-29(37-22)24(23)26(33)31(21(19-32)18-20(4)5)25(29)27(34)30(15-8-3)16-10-7-2/h6,8,20-25,32H,1,3,7,9-19H2,2,4-5H3/t21-,22-,23+,24+,25?,29?/m1/s1. The number of unbranched alkanes of at least 4 members (excludes halogenated alkanes) is 3. The van der Waals surface area contributed by atoms with Crippen LogP contribution in [0.15, 0.2) is 25.3 Å². The highest BCUT2D eigenvalue weighted by atomic mass is 32.2. The first kappa shape index (κ1) is 29.8. The van der Waals surface area contributed by atoms with Crippen LogP contribution < -0.4 is 0 Å². The van der Waals surface area contributed by atoms with Gasteiger partial charge in [-0.1, -0.05) is 39.3 Å². The molecule has 0 aromatic carbocycles. The second-order valence-corrected chi connectivity index (χ2v) is 12.7. The molecular weight excluding hydrogens is 488 g/mol. The molecule has 8 heteroatoms. The summed E-state index contributed by atoms with van der Waals surface area (Å²) in [7, 11) is 0. The summed E-state index contributed by atoms with van der Waals surface area (Å²) in [6.07, 6.45) is 10.0. The molecule has 2 bridgehead atoms. The molecule has 3 aliphatic heterocycles. The summed E-state index contributed by atoms with van der Waals surface area (Å²) in [6, 6.07) is -1.16. The van der Waals surface area contributed by atoms with Crippen molar-refractivity contribution in [3.05, 3.63) is 25.3 Å². The van der Waals surface area contributed by atoms with Crippen LogP contribution in [0.25, 0.3) is 0 Å². The zero-order valence-electron chi connectivity index (χ0n) is 22.9. The van der Waals surface area contributed by atoms with E-state index < -0.39 is 28.7 Å². The van der Waals surface area contributed by atoms with Gasteiger partial charge in [-0.3, -0.25) is 14.4 Å². The minimum atomic E-state index is -0.696. The maximum absolute atomic E-state index is 14.2. The zero-order chi connectivity index (χ0) is 27.2. The third-order valence-corrected chi connectivity index (χ3v) is 10.0. The summed E-state index contributed by atoms with van der Waals surface area (Å²) in [6.45, 7) is 14.9. The van der Waals surface area contributed by atoms with E-state index in [1.807, 2.05) is 11.0 Å². The van der Waals surface area contributed by atoms with Gasteiger partial charge in [0.05, 0.1) is 35.8 Å². The van der Waals surface area contributed by atoms with E-state index in [4.69, 9.17) is 4.74 Å². The Morgan fingerprint density at radius 3 is 2.65 bits per heavy atom. The van der Waals surface area contributed by atoms with Gasteiger partial charge in [0.1, 0.15) is 6.04 Å². The van der Waals surface area contributed by atoms with Crippen LogP contribution in [-0.4, -0.2) is 81.1 Å². The number of aliphatic hydroxyl groups is 1. The molecule has 3 rings (SSSR count). The van der Waals surface area contributed by atoms with Gasteiger partial charge in [-0.25, -0.2) is 0 Å². The quantitative estimate of drug-likeness (QED) is 0.181. The van der Waals surface area contributed by atoms with Crippen LogP contribution in [-0.2, 0) is 19.1 Å². The molecule has 0 radical (unpaired) electrons. The first-order chi connectivity index (χ1) is 17.8. The molecule has 2 amide bonds. The highest BCUT2D eigenvalue weighted by Crippen LogP contribution is 2.67. The molecule has 0 aromatic rings. The monoisotopic (exact) mass is 534 g/mol. The Bertz CT molecular complexity index is 848. The number of hydrogen-bond acceptors (Lipinski definition) is 6. The van der Waals surface area contributed by atoms with E-state index in [-0.39, 0.29) is 35.6 Å². The fraction of sp³-hybridized carbons (Fsp3) is 0.759. The molecule has 6 atom stereocenters. The van der Waals surface area contributed by atoms with Crippen molar-refractivity contribution in [2.75, 3.05) is 26.3 Å². The maximum Gasteiger partial charge on any atom is 0.310 e. The topological polar surface area (TPSA) is 87.1 Å². The van der Waals surface area contributed by atoms with Crippen LogP contribution in [0.3, 0.4) is 0 Å². The summed E-state index contributed by atoms with van der Waals surface area (Å²) in [5, 5.41) is 10.4. The van der Waals surface area contributed by atoms with Crippen molar-refractivity contribution in [3.63, 3.8) is 0 Å². The Morgan fingerprint density at radius 1 is 1.27 bits per heavy atom. The highest BCUT2D eigenvalue weighted by Gasteiger charge is 2.74. The fourth-order valence-electron chi connectivity index (χ4n) is 6.48. The molecule has 3 fully saturated rings. The molecule has 0 saturated carbocycles. The highest BCUT2D eigenvalue weighted by molar-refractivity contribution is 8.02. The number of carbonyl (C=O) groups excluding carboxylic acids is 3. The summed E-state index contributed by atoms with van der Waals surface area (Å²) in [4.78, 5) is 45.3. The second-order valence-electron chi connectivity index (χ2n) is 11.1. The molecule has 37 heavy (non-hydrogen) atoms. The number of esters is 1. The number of aliphatic hydroxyl groups excluding tert-OH is 1. The Balaban J connectivity index is 1.95. The second kappa shape index (κ2) is 13.3. The molecule has 1 N–H and O–H groups in total. The summed E-state index contributed by atoms with van der Waals surface area (Å²) in [5.41, 5.74) is 0. The molecule has 7 nitrogen and oxygen atoms in total. The van der Waals surface area contributed by atoms with E-state index in [9.17, 15) is 19.5 Å². The van der Waals surface area contributed by atoms with Gasteiger partial charge in [0.15, 0.2) is 0 Å². The SMILES string of the molecule is C=CCCCCOC(=O)[C@@H]1[C@H]2C(=O)N([C@@H](CO)CC(C)C)C(C(=O)N(CC=C)CCCC)C23CC[C@H]1S3. The van der Waals surface area contributed by atoms with E-state index in [0.717, 1.165) is 38.5 Å². The van der Waals surface area contributed by atoms with Crippen molar-refractivity contribution in [1.29, 1.82) is 0 Å². The largest absolute Gasteiger partial charge is 0.465 e. The van der Waals surface area contributed by atoms with Gasteiger partial charge < -0.3 is 19.6 Å². The van der Waals surface area contributed by atoms with Crippen LogP contribution in [0.5, 0.6) is 0 Å². The molecular formula is C29H46N2O5S. The van der Waals surface area contributed by atoms with Gasteiger partial charge >= 0.3 is 5.97 Å². The molecule has 3 aliphatic rings. The smallest absolute Gasteiger partial charge is 0.310 e. The van der Waals surface area contributed by atoms with E-state index in [1.54, 1.807) is 22.7 Å². The van der Waals surface area contributed by atoms with Crippen LogP contribution >= 0.6 is 11.8 Å². The normalized spacial score (nSPS) is 28.9. The van der Waals surface area contributed by atoms with Gasteiger partial charge in [-0.15, -0.1) is 24.9 Å². The number of allylic oxidation sites excluding steroid dienone is 1. The third kappa shape index (κ3) is 5.95. The lowest BCUT2D eigenvalue weighted by Crippen LogP contribution is -2.57. The first-order valence-corrected chi connectivity index (χ1v) is 14.9. The minimum Gasteiger partial charge on any atom is -0.465 e. The van der Waals surface area contributed by atoms with Crippen LogP contribution in [0, 0.1) is 17.8 Å². The van der Waals surface area contributed by atoms with Crippen molar-refractivity contribution in [1.82, 2.24) is 9.80 Å². The molecule has 1 spiro atoms. The molecule has 2 unspecified atom stereocenters. The number of thioether (sulfide) groups is 1. The van der Waals surface area contributed by atoms with Gasteiger partial charge in [0, 0.05) is 18.3 Å². The predicted molar refractivity (Wildman–Crippen MR) is 148 cm³/mol. The molecule has 0 aliphatic carbocycles. The van der Waals surface area contributed by atoms with Crippen molar-refractivity contribution < 1.29 is 24.2 Å². The van der Waals surface area contributed by atoms with E-state index in [2.05, 4.69) is 33.9 Å². The number of hydrogen-bond donors (Lipinski definition) is 1. The van der Waals surface area contributed by atoms with Gasteiger partial charge in [-0.2, -0.15) is 0 Å². The van der Waals surface area contributed by atoms with Crippen LogP contribution in [0.4, 0.5) is 0 Å². The predicted octanol–water partition coefficient (Wildman–Crippen LogP) is 4.20. The molecule has 3 saturated heterocycles. The van der Waals surface area contributed by atoms with Crippen molar-refractivity contribution in [2.45, 2.75) is 94.2 Å². The summed E-state index contributed by atoms with van der Waals surface area (Å²) in [5.74, 6) is -1.48. The van der Waals surface area contributed by atoms with Crippen molar-refractivity contribution in [2.24, 2.45) is 17.8 Å². The summed E-state index contributed by atoms with van der Waals surface area (Å²) >= 11 is 1.65. The van der Waals surface area contributed by atoms with Crippen LogP contribution in [0.2, 0.25) is 0 Å². The average molecular weight is 535 g/mol. The minimum absolute atomic E-state index is 0.0201. The number of amides is 2. The molecule has 0 aromatic heterocycles. The third-order valence-electron chi connectivity index (χ3n) is 8.08.